The van der Waals surface area contributed by atoms with Gasteiger partial charge in [0, 0.05) is 51.4 Å². The zero-order valence-electron chi connectivity index (χ0n) is 16.3. The molecule has 2 saturated heterocycles. The summed E-state index contributed by atoms with van der Waals surface area (Å²) in [5.41, 5.74) is 1.29. The largest absolute Gasteiger partial charge is 0.478 e. The predicted octanol–water partition coefficient (Wildman–Crippen LogP) is 1.24. The van der Waals surface area contributed by atoms with E-state index in [2.05, 4.69) is 15.1 Å². The molecule has 0 atom stereocenters. The molecular weight excluding hydrogens is 394 g/mol. The van der Waals surface area contributed by atoms with Gasteiger partial charge in [-0.25, -0.2) is 14.6 Å². The summed E-state index contributed by atoms with van der Waals surface area (Å²) in [5, 5.41) is 19.0. The van der Waals surface area contributed by atoms with Gasteiger partial charge in [0.2, 0.25) is 5.95 Å². The molecule has 10 heteroatoms. The maximum atomic E-state index is 9.55. The van der Waals surface area contributed by atoms with Crippen LogP contribution in [0.4, 0.5) is 11.8 Å². The van der Waals surface area contributed by atoms with Crippen LogP contribution in [0.15, 0.2) is 17.0 Å². The number of hydrogen-bond donors (Lipinski definition) is 3. The van der Waals surface area contributed by atoms with Crippen molar-refractivity contribution in [2.45, 2.75) is 30.6 Å². The molecule has 0 saturated carbocycles. The molecule has 0 unspecified atom stereocenters. The van der Waals surface area contributed by atoms with E-state index >= 15 is 0 Å². The zero-order valence-corrected chi connectivity index (χ0v) is 17.2. The summed E-state index contributed by atoms with van der Waals surface area (Å²) >= 11 is 1.96. The van der Waals surface area contributed by atoms with Crippen molar-refractivity contribution in [3.63, 3.8) is 0 Å². The number of aromatic nitrogens is 2. The lowest BCUT2D eigenvalue weighted by Gasteiger charge is -2.30. The fourth-order valence-electron chi connectivity index (χ4n) is 3.49. The Balaban J connectivity index is 0.000000258. The van der Waals surface area contributed by atoms with Crippen LogP contribution < -0.4 is 15.1 Å². The number of piperazine rings is 1. The number of rotatable bonds is 4. The second kappa shape index (κ2) is 10.4. The molecule has 1 aromatic heterocycles. The first-order chi connectivity index (χ1) is 14.0. The lowest BCUT2D eigenvalue weighted by Crippen LogP contribution is -2.44. The number of nitrogens with one attached hydrogen (secondary N) is 1. The molecular formula is C19H27N5O4S. The van der Waals surface area contributed by atoms with Gasteiger partial charge in [-0.3, -0.25) is 0 Å². The van der Waals surface area contributed by atoms with Gasteiger partial charge in [0.25, 0.3) is 0 Å². The second-order valence-electron chi connectivity index (χ2n) is 7.02. The Bertz CT molecular complexity index is 745. The molecule has 3 aliphatic rings. The Labute approximate surface area is 174 Å². The van der Waals surface area contributed by atoms with Gasteiger partial charge >= 0.3 is 11.9 Å². The summed E-state index contributed by atoms with van der Waals surface area (Å²) in [4.78, 5) is 35.2. The summed E-state index contributed by atoms with van der Waals surface area (Å²) in [7, 11) is 0. The highest BCUT2D eigenvalue weighted by Crippen LogP contribution is 2.38. The van der Waals surface area contributed by atoms with Crippen LogP contribution in [0.2, 0.25) is 0 Å². The SMILES string of the molecule is C1CSc2c(nc(N3CCNCC3)nc2N2CCCC2)C1.O=C(O)/C=C\C(=O)O. The van der Waals surface area contributed by atoms with Crippen molar-refractivity contribution in [2.24, 2.45) is 0 Å². The molecule has 2 fully saturated rings. The summed E-state index contributed by atoms with van der Waals surface area (Å²) in [6, 6.07) is 0. The van der Waals surface area contributed by atoms with Crippen LogP contribution in [0.1, 0.15) is 25.0 Å². The van der Waals surface area contributed by atoms with E-state index < -0.39 is 11.9 Å². The van der Waals surface area contributed by atoms with Gasteiger partial charge in [-0.15, -0.1) is 11.8 Å². The highest BCUT2D eigenvalue weighted by atomic mass is 32.2. The van der Waals surface area contributed by atoms with Crippen molar-refractivity contribution in [3.8, 4) is 0 Å². The van der Waals surface area contributed by atoms with E-state index in [4.69, 9.17) is 20.2 Å². The van der Waals surface area contributed by atoms with E-state index in [1.165, 1.54) is 41.4 Å². The van der Waals surface area contributed by atoms with E-state index in [9.17, 15) is 9.59 Å². The Morgan fingerprint density at radius 2 is 1.59 bits per heavy atom. The molecule has 0 spiro atoms. The van der Waals surface area contributed by atoms with Gasteiger partial charge in [0.1, 0.15) is 5.82 Å². The topological polar surface area (TPSA) is 119 Å². The highest BCUT2D eigenvalue weighted by molar-refractivity contribution is 7.99. The van der Waals surface area contributed by atoms with E-state index in [0.29, 0.717) is 12.2 Å². The third-order valence-corrected chi connectivity index (χ3v) is 6.08. The number of carboxylic acids is 2. The van der Waals surface area contributed by atoms with Crippen LogP contribution >= 0.6 is 11.8 Å². The van der Waals surface area contributed by atoms with Crippen molar-refractivity contribution < 1.29 is 19.8 Å². The van der Waals surface area contributed by atoms with Crippen molar-refractivity contribution >= 4 is 35.5 Å². The first-order valence-corrected chi connectivity index (χ1v) is 10.9. The standard InChI is InChI=1S/C15H23N5S.C4H4O4/c1-2-8-19(7-1)14-13-12(4-3-11-21-13)17-15(18-14)20-9-5-16-6-10-20;5-3(6)1-2-4(7)8/h16H,1-11H2;1-2H,(H,5,6)(H,7,8)/b;2-1-. The number of aryl methyl sites for hydroxylation is 1. The number of aliphatic carboxylic acids is 2. The molecule has 29 heavy (non-hydrogen) atoms. The summed E-state index contributed by atoms with van der Waals surface area (Å²) in [6.07, 6.45) is 6.07. The molecule has 9 nitrogen and oxygen atoms in total. The maximum absolute atomic E-state index is 9.55. The minimum atomic E-state index is -1.26. The molecule has 158 valence electrons. The quantitative estimate of drug-likeness (QED) is 0.613. The van der Waals surface area contributed by atoms with Crippen LogP contribution in [0.3, 0.4) is 0 Å². The molecule has 4 heterocycles. The number of thioether (sulfide) groups is 1. The van der Waals surface area contributed by atoms with Crippen molar-refractivity contribution in [3.05, 3.63) is 17.8 Å². The number of nitrogens with zero attached hydrogens (tertiary/aromatic N) is 4. The monoisotopic (exact) mass is 421 g/mol. The molecule has 0 amide bonds. The Kier molecular flexibility index (Phi) is 7.70. The van der Waals surface area contributed by atoms with E-state index in [1.54, 1.807) is 0 Å². The van der Waals surface area contributed by atoms with E-state index in [1.807, 2.05) is 11.8 Å². The zero-order chi connectivity index (χ0) is 20.6. The average molecular weight is 422 g/mol. The fourth-order valence-corrected chi connectivity index (χ4v) is 4.61. The number of carbonyl (C=O) groups is 2. The van der Waals surface area contributed by atoms with Crippen LogP contribution in [-0.2, 0) is 16.0 Å². The van der Waals surface area contributed by atoms with Crippen molar-refractivity contribution in [2.75, 3.05) is 54.8 Å². The van der Waals surface area contributed by atoms with E-state index in [-0.39, 0.29) is 0 Å². The maximum Gasteiger partial charge on any atom is 0.328 e. The smallest absolute Gasteiger partial charge is 0.328 e. The third-order valence-electron chi connectivity index (χ3n) is 4.88. The van der Waals surface area contributed by atoms with Crippen LogP contribution in [-0.4, -0.2) is 77.1 Å². The van der Waals surface area contributed by atoms with Gasteiger partial charge in [0.15, 0.2) is 0 Å². The van der Waals surface area contributed by atoms with Gasteiger partial charge in [-0.2, -0.15) is 4.98 Å². The molecule has 0 radical (unpaired) electrons. The number of anilines is 2. The first-order valence-electron chi connectivity index (χ1n) is 9.93. The van der Waals surface area contributed by atoms with Crippen molar-refractivity contribution in [1.82, 2.24) is 15.3 Å². The Hall–Kier alpha value is -2.33. The normalized spacial score (nSPS) is 18.9. The highest BCUT2D eigenvalue weighted by Gasteiger charge is 2.26. The minimum absolute atomic E-state index is 0.558. The lowest BCUT2D eigenvalue weighted by molar-refractivity contribution is -0.134. The Morgan fingerprint density at radius 3 is 2.21 bits per heavy atom. The van der Waals surface area contributed by atoms with Crippen LogP contribution in [0.25, 0.3) is 0 Å². The van der Waals surface area contributed by atoms with Gasteiger partial charge < -0.3 is 25.3 Å². The number of hydrogen-bond acceptors (Lipinski definition) is 8. The van der Waals surface area contributed by atoms with Crippen LogP contribution in [0, 0.1) is 0 Å². The minimum Gasteiger partial charge on any atom is -0.478 e. The van der Waals surface area contributed by atoms with Crippen LogP contribution in [0.5, 0.6) is 0 Å². The van der Waals surface area contributed by atoms with Crippen molar-refractivity contribution in [1.29, 1.82) is 0 Å². The number of carboxylic acid groups (broad SMARTS) is 2. The molecule has 1 aromatic rings. The molecule has 4 rings (SSSR count). The lowest BCUT2D eigenvalue weighted by atomic mass is 10.2. The van der Waals surface area contributed by atoms with Gasteiger partial charge in [-0.1, -0.05) is 0 Å². The molecule has 0 aliphatic carbocycles. The Morgan fingerprint density at radius 1 is 0.931 bits per heavy atom. The third kappa shape index (κ3) is 6.07. The number of fused-ring (bicyclic) bond motifs is 1. The first kappa shape index (κ1) is 21.4. The fraction of sp³-hybridized carbons (Fsp3) is 0.579. The molecule has 0 aromatic carbocycles. The second-order valence-corrected chi connectivity index (χ2v) is 8.12. The average Bonchev–Trinajstić information content (AvgIpc) is 3.27. The van der Waals surface area contributed by atoms with Gasteiger partial charge in [0.05, 0.1) is 10.6 Å². The summed E-state index contributed by atoms with van der Waals surface area (Å²) in [5.74, 6) is 0.875. The molecule has 0 bridgehead atoms. The molecule has 3 N–H and O–H groups in total. The summed E-state index contributed by atoms with van der Waals surface area (Å²) < 4.78 is 0. The van der Waals surface area contributed by atoms with E-state index in [0.717, 1.165) is 51.6 Å². The summed E-state index contributed by atoms with van der Waals surface area (Å²) in [6.45, 7) is 6.43. The van der Waals surface area contributed by atoms with Gasteiger partial charge in [-0.05, 0) is 31.4 Å². The predicted molar refractivity (Wildman–Crippen MR) is 112 cm³/mol. The molecule has 3 aliphatic heterocycles.